The molecule has 96 valence electrons. The molecule has 0 atom stereocenters. The van der Waals surface area contributed by atoms with Crippen molar-refractivity contribution >= 4 is 33.2 Å². The molecule has 0 saturated carbocycles. The fourth-order valence-electron chi connectivity index (χ4n) is 1.27. The van der Waals surface area contributed by atoms with E-state index in [9.17, 15) is 0 Å². The van der Waals surface area contributed by atoms with Gasteiger partial charge in [0.05, 0.1) is 5.54 Å². The predicted octanol–water partition coefficient (Wildman–Crippen LogP) is 3.38. The van der Waals surface area contributed by atoms with E-state index in [-0.39, 0.29) is 0 Å². The molecule has 0 radical (unpaired) electrons. The average molecular weight is 284 g/mol. The Balaban J connectivity index is 4.55. The summed E-state index contributed by atoms with van der Waals surface area (Å²) in [5.74, 6) is 4.54. The van der Waals surface area contributed by atoms with Gasteiger partial charge in [-0.2, -0.15) is 10.0 Å². The molecule has 2 N–H and O–H groups in total. The van der Waals surface area contributed by atoms with Crippen LogP contribution in [0.4, 0.5) is 0 Å². The fraction of sp³-hybridized carbons (Fsp3) is 0.833. The topological polar surface area (TPSA) is 26.0 Å². The Bertz CT molecular complexity index is 242. The van der Waals surface area contributed by atoms with E-state index >= 15 is 0 Å². The maximum atomic E-state index is 6.30. The molecule has 0 aromatic carbocycles. The van der Waals surface area contributed by atoms with Crippen LogP contribution in [0.1, 0.15) is 25.7 Å². The van der Waals surface area contributed by atoms with Gasteiger partial charge in [0.1, 0.15) is 0 Å². The van der Waals surface area contributed by atoms with Gasteiger partial charge in [0.25, 0.3) is 0 Å². The molecule has 0 saturated heterocycles. The van der Waals surface area contributed by atoms with Crippen molar-refractivity contribution < 1.29 is 0 Å². The Hall–Kier alpha value is 0.450. The van der Waals surface area contributed by atoms with E-state index < -0.39 is 15.6 Å². The summed E-state index contributed by atoms with van der Waals surface area (Å²) in [6.45, 7) is 0. The zero-order valence-corrected chi connectivity index (χ0v) is 12.8. The number of hydrogen-bond donors (Lipinski definition) is 1. The smallest absolute Gasteiger partial charge is 0.0785 e. The van der Waals surface area contributed by atoms with Gasteiger partial charge in [0.2, 0.25) is 0 Å². The molecule has 0 aliphatic rings. The summed E-state index contributed by atoms with van der Waals surface area (Å²) in [5.41, 5.74) is 5.90. The van der Waals surface area contributed by atoms with Crippen molar-refractivity contribution in [3.8, 4) is 11.2 Å². The first kappa shape index (κ1) is 16.4. The summed E-state index contributed by atoms with van der Waals surface area (Å²) in [6.07, 6.45) is 10.0. The number of nitrogens with two attached hydrogens (primary N) is 1. The summed E-state index contributed by atoms with van der Waals surface area (Å²) >= 11 is 11.4. The predicted molar refractivity (Wildman–Crippen MR) is 80.0 cm³/mol. The minimum Gasteiger partial charge on any atom is -0.315 e. The highest BCUT2D eigenvalue weighted by atomic mass is 35.5. The summed E-state index contributed by atoms with van der Waals surface area (Å²) in [4.78, 5) is 0. The maximum Gasteiger partial charge on any atom is 0.0785 e. The van der Waals surface area contributed by atoms with Crippen LogP contribution in [-0.4, -0.2) is 36.1 Å². The molecule has 0 heterocycles. The van der Waals surface area contributed by atoms with Crippen molar-refractivity contribution in [2.24, 2.45) is 5.73 Å². The molecule has 0 bridgehead atoms. The zero-order valence-electron chi connectivity index (χ0n) is 10.5. The van der Waals surface area contributed by atoms with Gasteiger partial charge < -0.3 is 5.73 Å². The second-order valence-corrected chi connectivity index (χ2v) is 9.44. The first-order valence-corrected chi connectivity index (χ1v) is 9.39. The van der Waals surface area contributed by atoms with Crippen molar-refractivity contribution in [3.63, 3.8) is 0 Å². The van der Waals surface area contributed by atoms with Crippen molar-refractivity contribution in [2.45, 2.75) is 31.2 Å². The van der Waals surface area contributed by atoms with Gasteiger partial charge in [-0.15, -0.1) is 23.2 Å². The normalized spacial score (nSPS) is 13.1. The Morgan fingerprint density at radius 3 is 1.81 bits per heavy atom. The first-order valence-electron chi connectivity index (χ1n) is 5.46. The third-order valence-electron chi connectivity index (χ3n) is 2.12. The average Bonchev–Trinajstić information content (AvgIpc) is 2.20. The van der Waals surface area contributed by atoms with E-state index in [0.717, 1.165) is 25.7 Å². The second kappa shape index (κ2) is 7.71. The van der Waals surface area contributed by atoms with Crippen LogP contribution in [-0.2, 0) is 0 Å². The fourth-order valence-corrected chi connectivity index (χ4v) is 2.05. The Kier molecular flexibility index (Phi) is 7.93. The van der Waals surface area contributed by atoms with Crippen LogP contribution < -0.4 is 5.73 Å². The standard InChI is InChI=1S/C12H23Cl2NS/c1-16(2,3)11-8-12(15,6-4-9-13)7-5-10-14/h4-7,9-10,15H2,1-3H3. The van der Waals surface area contributed by atoms with Gasteiger partial charge >= 0.3 is 0 Å². The van der Waals surface area contributed by atoms with Crippen molar-refractivity contribution in [1.82, 2.24) is 0 Å². The summed E-state index contributed by atoms with van der Waals surface area (Å²) in [7, 11) is -0.814. The number of alkyl halides is 2. The lowest BCUT2D eigenvalue weighted by Crippen LogP contribution is -2.38. The van der Waals surface area contributed by atoms with Crippen molar-refractivity contribution in [2.75, 3.05) is 30.5 Å². The first-order chi connectivity index (χ1) is 7.33. The Morgan fingerprint density at radius 2 is 1.50 bits per heavy atom. The van der Waals surface area contributed by atoms with E-state index in [1.54, 1.807) is 0 Å². The molecule has 0 aromatic rings. The van der Waals surface area contributed by atoms with Gasteiger partial charge in [0.15, 0.2) is 0 Å². The van der Waals surface area contributed by atoms with Gasteiger partial charge in [-0.05, 0) is 44.5 Å². The van der Waals surface area contributed by atoms with E-state index in [1.807, 2.05) is 0 Å². The third kappa shape index (κ3) is 8.58. The maximum absolute atomic E-state index is 6.30. The summed E-state index contributed by atoms with van der Waals surface area (Å²) in [5, 5.41) is 3.30. The van der Waals surface area contributed by atoms with E-state index in [4.69, 9.17) is 28.9 Å². The largest absolute Gasteiger partial charge is 0.315 e. The summed E-state index contributed by atoms with van der Waals surface area (Å²) in [6, 6.07) is 0. The summed E-state index contributed by atoms with van der Waals surface area (Å²) < 4.78 is 0. The highest BCUT2D eigenvalue weighted by Crippen LogP contribution is 2.33. The molecule has 0 rings (SSSR count). The monoisotopic (exact) mass is 283 g/mol. The van der Waals surface area contributed by atoms with Crippen LogP contribution in [0.2, 0.25) is 0 Å². The van der Waals surface area contributed by atoms with Crippen LogP contribution in [0, 0.1) is 11.2 Å². The van der Waals surface area contributed by atoms with Gasteiger partial charge in [-0.3, -0.25) is 0 Å². The lowest BCUT2D eigenvalue weighted by molar-refractivity contribution is 0.459. The second-order valence-electron chi connectivity index (χ2n) is 4.81. The van der Waals surface area contributed by atoms with Crippen LogP contribution in [0.15, 0.2) is 0 Å². The molecule has 0 aromatic heterocycles. The van der Waals surface area contributed by atoms with E-state index in [2.05, 4.69) is 29.9 Å². The molecule has 1 nitrogen and oxygen atoms in total. The number of hydrogen-bond acceptors (Lipinski definition) is 1. The van der Waals surface area contributed by atoms with Crippen LogP contribution in [0.25, 0.3) is 0 Å². The molecule has 4 heteroatoms. The minimum atomic E-state index is -0.814. The van der Waals surface area contributed by atoms with Crippen LogP contribution >= 0.6 is 33.2 Å². The third-order valence-corrected chi connectivity index (χ3v) is 3.37. The molecule has 0 aliphatic heterocycles. The minimum absolute atomic E-state index is 0.399. The molecule has 0 spiro atoms. The van der Waals surface area contributed by atoms with Gasteiger partial charge in [0, 0.05) is 11.8 Å². The van der Waals surface area contributed by atoms with Crippen LogP contribution in [0.3, 0.4) is 0 Å². The Labute approximate surface area is 112 Å². The lowest BCUT2D eigenvalue weighted by atomic mass is 9.91. The molecule has 0 aliphatic carbocycles. The highest BCUT2D eigenvalue weighted by Gasteiger charge is 2.21. The Morgan fingerprint density at radius 1 is 1.06 bits per heavy atom. The lowest BCUT2D eigenvalue weighted by Gasteiger charge is -2.24. The molecular formula is C12H23Cl2NS. The van der Waals surface area contributed by atoms with Crippen LogP contribution in [0.5, 0.6) is 0 Å². The van der Waals surface area contributed by atoms with Crippen molar-refractivity contribution in [3.05, 3.63) is 0 Å². The zero-order chi connectivity index (χ0) is 12.7. The molecule has 16 heavy (non-hydrogen) atoms. The SMILES string of the molecule is CS(C)(C)C#CC(N)(CCCCl)CCCCl. The number of halogens is 2. The van der Waals surface area contributed by atoms with E-state index in [1.165, 1.54) is 0 Å². The van der Waals surface area contributed by atoms with Crippen molar-refractivity contribution in [1.29, 1.82) is 0 Å². The number of rotatable bonds is 6. The highest BCUT2D eigenvalue weighted by molar-refractivity contribution is 8.35. The quantitative estimate of drug-likeness (QED) is 0.587. The molecule has 0 fully saturated rings. The van der Waals surface area contributed by atoms with E-state index in [0.29, 0.717) is 11.8 Å². The molecule has 0 amide bonds. The molecular weight excluding hydrogens is 261 g/mol. The van der Waals surface area contributed by atoms with Gasteiger partial charge in [-0.1, -0.05) is 11.2 Å². The van der Waals surface area contributed by atoms with Gasteiger partial charge in [-0.25, -0.2) is 0 Å². The molecule has 0 unspecified atom stereocenters.